The zero-order valence-electron chi connectivity index (χ0n) is 9.65. The van der Waals surface area contributed by atoms with Gasteiger partial charge in [0.05, 0.1) is 11.3 Å². The highest BCUT2D eigenvalue weighted by molar-refractivity contribution is 6.01. The second kappa shape index (κ2) is 5.79. The normalized spacial score (nSPS) is 9.53. The molecule has 0 fully saturated rings. The Morgan fingerprint density at radius 3 is 2.41 bits per heavy atom. The first-order chi connectivity index (χ1) is 8.00. The Hall–Kier alpha value is -2.17. The van der Waals surface area contributed by atoms with Gasteiger partial charge in [-0.15, -0.1) is 0 Å². The highest BCUT2D eigenvalue weighted by Gasteiger charge is 2.13. The molecule has 0 aromatic heterocycles. The number of amides is 1. The SMILES string of the molecule is CC(=O)COC(=O)c1ccccc1NC(C)=O. The summed E-state index contributed by atoms with van der Waals surface area (Å²) < 4.78 is 4.77. The summed E-state index contributed by atoms with van der Waals surface area (Å²) in [5.74, 6) is -1.16. The van der Waals surface area contributed by atoms with Crippen molar-refractivity contribution < 1.29 is 19.1 Å². The fourth-order valence-electron chi connectivity index (χ4n) is 1.20. The average molecular weight is 235 g/mol. The number of ketones is 1. The number of ether oxygens (including phenoxy) is 1. The Kier molecular flexibility index (Phi) is 4.39. The van der Waals surface area contributed by atoms with Crippen LogP contribution in [0.15, 0.2) is 24.3 Å². The zero-order valence-corrected chi connectivity index (χ0v) is 9.65. The number of carbonyl (C=O) groups is 3. The molecule has 0 saturated heterocycles. The van der Waals surface area contributed by atoms with Crippen LogP contribution in [-0.4, -0.2) is 24.3 Å². The van der Waals surface area contributed by atoms with Crippen LogP contribution in [0.2, 0.25) is 0 Å². The topological polar surface area (TPSA) is 72.5 Å². The smallest absolute Gasteiger partial charge is 0.340 e. The van der Waals surface area contributed by atoms with Crippen LogP contribution in [0.4, 0.5) is 5.69 Å². The van der Waals surface area contributed by atoms with Crippen LogP contribution in [0.25, 0.3) is 0 Å². The van der Waals surface area contributed by atoms with Gasteiger partial charge >= 0.3 is 5.97 Å². The molecule has 0 unspecified atom stereocenters. The largest absolute Gasteiger partial charge is 0.454 e. The lowest BCUT2D eigenvalue weighted by atomic mass is 10.2. The lowest BCUT2D eigenvalue weighted by molar-refractivity contribution is -0.120. The van der Waals surface area contributed by atoms with Gasteiger partial charge in [-0.05, 0) is 19.1 Å². The summed E-state index contributed by atoms with van der Waals surface area (Å²) in [7, 11) is 0. The lowest BCUT2D eigenvalue weighted by Gasteiger charge is -2.08. The van der Waals surface area contributed by atoms with Crippen molar-refractivity contribution in [2.45, 2.75) is 13.8 Å². The van der Waals surface area contributed by atoms with Crippen molar-refractivity contribution in [1.82, 2.24) is 0 Å². The first-order valence-electron chi connectivity index (χ1n) is 5.04. The lowest BCUT2D eigenvalue weighted by Crippen LogP contribution is -2.15. The summed E-state index contributed by atoms with van der Waals surface area (Å²) in [6, 6.07) is 6.45. The second-order valence-corrected chi connectivity index (χ2v) is 3.50. The maximum Gasteiger partial charge on any atom is 0.340 e. The first kappa shape index (κ1) is 12.9. The molecule has 1 N–H and O–H groups in total. The minimum Gasteiger partial charge on any atom is -0.454 e. The molecule has 0 aliphatic rings. The molecule has 17 heavy (non-hydrogen) atoms. The van der Waals surface area contributed by atoms with Crippen molar-refractivity contribution in [3.8, 4) is 0 Å². The van der Waals surface area contributed by atoms with Crippen LogP contribution in [0, 0.1) is 0 Å². The standard InChI is InChI=1S/C12H13NO4/c1-8(14)7-17-12(16)10-5-3-4-6-11(10)13-9(2)15/h3-6H,7H2,1-2H3,(H,13,15). The maximum atomic E-state index is 11.6. The zero-order chi connectivity index (χ0) is 12.8. The van der Waals surface area contributed by atoms with Crippen LogP contribution >= 0.6 is 0 Å². The molecular formula is C12H13NO4. The summed E-state index contributed by atoms with van der Waals surface area (Å²) in [5, 5.41) is 2.52. The van der Waals surface area contributed by atoms with Gasteiger partial charge in [-0.1, -0.05) is 12.1 Å². The van der Waals surface area contributed by atoms with E-state index in [0.29, 0.717) is 5.69 Å². The van der Waals surface area contributed by atoms with Gasteiger partial charge in [0.25, 0.3) is 0 Å². The molecule has 5 heteroatoms. The molecule has 90 valence electrons. The fourth-order valence-corrected chi connectivity index (χ4v) is 1.20. The van der Waals surface area contributed by atoms with Crippen LogP contribution in [0.3, 0.4) is 0 Å². The Bertz CT molecular complexity index is 454. The van der Waals surface area contributed by atoms with E-state index in [2.05, 4.69) is 5.32 Å². The van der Waals surface area contributed by atoms with Crippen molar-refractivity contribution in [3.05, 3.63) is 29.8 Å². The van der Waals surface area contributed by atoms with Crippen LogP contribution in [0.1, 0.15) is 24.2 Å². The monoisotopic (exact) mass is 235 g/mol. The summed E-state index contributed by atoms with van der Waals surface area (Å²) in [5.41, 5.74) is 0.595. The number of carbonyl (C=O) groups excluding carboxylic acids is 3. The number of rotatable bonds is 4. The summed E-state index contributed by atoms with van der Waals surface area (Å²) >= 11 is 0. The van der Waals surface area contributed by atoms with E-state index in [0.717, 1.165) is 0 Å². The van der Waals surface area contributed by atoms with Crippen molar-refractivity contribution in [1.29, 1.82) is 0 Å². The van der Waals surface area contributed by atoms with E-state index in [4.69, 9.17) is 4.74 Å². The number of hydrogen-bond donors (Lipinski definition) is 1. The van der Waals surface area contributed by atoms with E-state index in [1.54, 1.807) is 18.2 Å². The fraction of sp³-hybridized carbons (Fsp3) is 0.250. The van der Waals surface area contributed by atoms with E-state index in [9.17, 15) is 14.4 Å². The van der Waals surface area contributed by atoms with Crippen LogP contribution in [-0.2, 0) is 14.3 Å². The second-order valence-electron chi connectivity index (χ2n) is 3.50. The number of anilines is 1. The molecule has 1 aromatic rings. The Morgan fingerprint density at radius 1 is 1.18 bits per heavy atom. The summed E-state index contributed by atoms with van der Waals surface area (Å²) in [4.78, 5) is 33.3. The van der Waals surface area contributed by atoms with Gasteiger partial charge in [-0.2, -0.15) is 0 Å². The number of para-hydroxylation sites is 1. The Morgan fingerprint density at radius 2 is 1.82 bits per heavy atom. The van der Waals surface area contributed by atoms with Gasteiger partial charge in [0.2, 0.25) is 5.91 Å². The molecule has 0 bridgehead atoms. The molecule has 0 radical (unpaired) electrons. The van der Waals surface area contributed by atoms with Gasteiger partial charge in [-0.25, -0.2) is 4.79 Å². The van der Waals surface area contributed by atoms with E-state index in [-0.39, 0.29) is 23.9 Å². The quantitative estimate of drug-likeness (QED) is 0.800. The van der Waals surface area contributed by atoms with E-state index in [1.165, 1.54) is 19.9 Å². The molecule has 5 nitrogen and oxygen atoms in total. The van der Waals surface area contributed by atoms with Gasteiger partial charge in [0, 0.05) is 6.92 Å². The number of nitrogens with one attached hydrogen (secondary N) is 1. The third kappa shape index (κ3) is 4.06. The molecule has 1 rings (SSSR count). The molecule has 1 amide bonds. The van der Waals surface area contributed by atoms with E-state index >= 15 is 0 Å². The van der Waals surface area contributed by atoms with Crippen LogP contribution < -0.4 is 5.32 Å². The maximum absolute atomic E-state index is 11.6. The molecule has 0 aliphatic heterocycles. The average Bonchev–Trinajstić information content (AvgIpc) is 2.25. The molecule has 0 heterocycles. The predicted molar refractivity (Wildman–Crippen MR) is 61.7 cm³/mol. The summed E-state index contributed by atoms with van der Waals surface area (Å²) in [6.45, 7) is 2.40. The third-order valence-electron chi connectivity index (χ3n) is 1.86. The highest BCUT2D eigenvalue weighted by atomic mass is 16.5. The predicted octanol–water partition coefficient (Wildman–Crippen LogP) is 1.39. The number of esters is 1. The van der Waals surface area contributed by atoms with Crippen LogP contribution in [0.5, 0.6) is 0 Å². The molecule has 0 saturated carbocycles. The number of benzene rings is 1. The van der Waals surface area contributed by atoms with Gasteiger partial charge in [0.1, 0.15) is 6.61 Å². The Labute approximate surface area is 98.8 Å². The van der Waals surface area contributed by atoms with Crippen molar-refractivity contribution in [3.63, 3.8) is 0 Å². The first-order valence-corrected chi connectivity index (χ1v) is 5.04. The Balaban J connectivity index is 2.85. The van der Waals surface area contributed by atoms with Gasteiger partial charge < -0.3 is 10.1 Å². The van der Waals surface area contributed by atoms with Gasteiger partial charge in [0.15, 0.2) is 5.78 Å². The molecule has 1 aromatic carbocycles. The van der Waals surface area contributed by atoms with Crippen molar-refractivity contribution in [2.75, 3.05) is 11.9 Å². The minimum atomic E-state index is -0.635. The minimum absolute atomic E-state index is 0.226. The molecule has 0 spiro atoms. The number of Topliss-reactive ketones (excluding diaryl/α,β-unsaturated/α-hetero) is 1. The van der Waals surface area contributed by atoms with Crippen molar-refractivity contribution in [2.24, 2.45) is 0 Å². The molecular weight excluding hydrogens is 222 g/mol. The van der Waals surface area contributed by atoms with E-state index in [1.807, 2.05) is 0 Å². The van der Waals surface area contributed by atoms with Crippen molar-refractivity contribution >= 4 is 23.3 Å². The van der Waals surface area contributed by atoms with E-state index < -0.39 is 5.97 Å². The van der Waals surface area contributed by atoms with Gasteiger partial charge in [-0.3, -0.25) is 9.59 Å². The third-order valence-corrected chi connectivity index (χ3v) is 1.86. The molecule has 0 atom stereocenters. The highest BCUT2D eigenvalue weighted by Crippen LogP contribution is 2.15. The molecule has 0 aliphatic carbocycles. The summed E-state index contributed by atoms with van der Waals surface area (Å²) in [6.07, 6.45) is 0. The number of hydrogen-bond acceptors (Lipinski definition) is 4.